The number of hydrogen-bond donors (Lipinski definition) is 2. The van der Waals surface area contributed by atoms with Gasteiger partial charge in [-0.25, -0.2) is 9.67 Å². The van der Waals surface area contributed by atoms with E-state index < -0.39 is 0 Å². The summed E-state index contributed by atoms with van der Waals surface area (Å²) in [5.41, 5.74) is 3.01. The molecule has 0 unspecified atom stereocenters. The quantitative estimate of drug-likeness (QED) is 0.639. The summed E-state index contributed by atoms with van der Waals surface area (Å²) in [5.74, 6) is 1.31. The topological polar surface area (TPSA) is 75.9 Å². The summed E-state index contributed by atoms with van der Waals surface area (Å²) in [7, 11) is 0. The summed E-state index contributed by atoms with van der Waals surface area (Å²) >= 11 is 3.46. The molecule has 3 aromatic rings. The van der Waals surface area contributed by atoms with Gasteiger partial charge in [-0.05, 0) is 37.6 Å². The molecule has 0 saturated carbocycles. The van der Waals surface area contributed by atoms with E-state index in [-0.39, 0.29) is 18.6 Å². The predicted octanol–water partition coefficient (Wildman–Crippen LogP) is 3.82. The van der Waals surface area contributed by atoms with E-state index in [0.29, 0.717) is 11.6 Å². The van der Waals surface area contributed by atoms with Crippen LogP contribution in [0.15, 0.2) is 47.2 Å². The number of benzene rings is 1. The Labute approximate surface area is 161 Å². The molecular weight excluding hydrogens is 394 g/mol. The molecule has 0 spiro atoms. The highest BCUT2D eigenvalue weighted by Crippen LogP contribution is 2.27. The molecule has 136 valence electrons. The fraction of sp³-hybridized carbons (Fsp3) is 0.316. The van der Waals surface area contributed by atoms with E-state index in [0.717, 1.165) is 21.4 Å². The van der Waals surface area contributed by atoms with Crippen molar-refractivity contribution in [3.63, 3.8) is 0 Å². The SMILES string of the molecule is Cc1cc(C)n(-c2cncc(N[C@@H](c3ccc(Br)cc3)[C@@H](C)CO)n2)n1. The van der Waals surface area contributed by atoms with Gasteiger partial charge in [0.15, 0.2) is 5.82 Å². The number of aliphatic hydroxyl groups is 1. The van der Waals surface area contributed by atoms with Crippen molar-refractivity contribution in [1.29, 1.82) is 0 Å². The minimum absolute atomic E-state index is 0.00955. The van der Waals surface area contributed by atoms with Gasteiger partial charge in [0.05, 0.1) is 24.1 Å². The first-order valence-corrected chi connectivity index (χ1v) is 9.25. The lowest BCUT2D eigenvalue weighted by molar-refractivity contribution is 0.222. The van der Waals surface area contributed by atoms with Gasteiger partial charge < -0.3 is 10.4 Å². The normalized spacial score (nSPS) is 13.4. The summed E-state index contributed by atoms with van der Waals surface area (Å²) in [5, 5.41) is 17.5. The fourth-order valence-corrected chi connectivity index (χ4v) is 3.14. The zero-order chi connectivity index (χ0) is 18.7. The predicted molar refractivity (Wildman–Crippen MR) is 105 cm³/mol. The molecule has 2 atom stereocenters. The molecule has 0 aliphatic heterocycles. The highest BCUT2D eigenvalue weighted by atomic mass is 79.9. The molecule has 2 aromatic heterocycles. The summed E-state index contributed by atoms with van der Waals surface area (Å²) in [6.45, 7) is 6.00. The lowest BCUT2D eigenvalue weighted by Gasteiger charge is -2.25. The molecule has 7 heteroatoms. The second kappa shape index (κ2) is 7.97. The fourth-order valence-electron chi connectivity index (χ4n) is 2.88. The smallest absolute Gasteiger partial charge is 0.174 e. The summed E-state index contributed by atoms with van der Waals surface area (Å²) < 4.78 is 2.79. The Hall–Kier alpha value is -2.25. The number of nitrogens with one attached hydrogen (secondary N) is 1. The highest BCUT2D eigenvalue weighted by molar-refractivity contribution is 9.10. The molecule has 0 radical (unpaired) electrons. The number of halogens is 1. The first-order valence-electron chi connectivity index (χ1n) is 8.46. The molecule has 0 fully saturated rings. The van der Waals surface area contributed by atoms with Crippen molar-refractivity contribution < 1.29 is 5.11 Å². The molecule has 0 bridgehead atoms. The Morgan fingerprint density at radius 1 is 1.19 bits per heavy atom. The maximum absolute atomic E-state index is 9.67. The van der Waals surface area contributed by atoms with Gasteiger partial charge in [0.2, 0.25) is 0 Å². The lowest BCUT2D eigenvalue weighted by Crippen LogP contribution is -2.22. The van der Waals surface area contributed by atoms with E-state index in [9.17, 15) is 5.11 Å². The van der Waals surface area contributed by atoms with Crippen molar-refractivity contribution in [3.8, 4) is 5.82 Å². The van der Waals surface area contributed by atoms with Crippen molar-refractivity contribution in [3.05, 3.63) is 64.1 Å². The molecule has 2 heterocycles. The minimum atomic E-state index is -0.0851. The van der Waals surface area contributed by atoms with Crippen LogP contribution in [0.5, 0.6) is 0 Å². The van der Waals surface area contributed by atoms with Crippen LogP contribution < -0.4 is 5.32 Å². The first-order chi connectivity index (χ1) is 12.5. The Balaban J connectivity index is 1.91. The van der Waals surface area contributed by atoms with Crippen LogP contribution in [0.1, 0.15) is 29.9 Å². The second-order valence-corrected chi connectivity index (χ2v) is 7.35. The van der Waals surface area contributed by atoms with Crippen molar-refractivity contribution in [2.75, 3.05) is 11.9 Å². The second-order valence-electron chi connectivity index (χ2n) is 6.43. The lowest BCUT2D eigenvalue weighted by atomic mass is 9.95. The first kappa shape index (κ1) is 18.5. The molecule has 0 aliphatic rings. The van der Waals surface area contributed by atoms with Crippen LogP contribution in [0.25, 0.3) is 5.82 Å². The van der Waals surface area contributed by atoms with E-state index in [2.05, 4.69) is 36.3 Å². The number of aryl methyl sites for hydroxylation is 2. The van der Waals surface area contributed by atoms with Gasteiger partial charge in [0.25, 0.3) is 0 Å². The van der Waals surface area contributed by atoms with E-state index in [1.165, 1.54) is 0 Å². The van der Waals surface area contributed by atoms with Crippen LogP contribution in [-0.4, -0.2) is 31.5 Å². The Bertz CT molecular complexity index is 878. The minimum Gasteiger partial charge on any atom is -0.396 e. The third kappa shape index (κ3) is 4.11. The Kier molecular flexibility index (Phi) is 5.68. The molecule has 26 heavy (non-hydrogen) atoms. The number of aliphatic hydroxyl groups excluding tert-OH is 1. The number of anilines is 1. The summed E-state index contributed by atoms with van der Waals surface area (Å²) in [6, 6.07) is 9.97. The van der Waals surface area contributed by atoms with Gasteiger partial charge in [-0.2, -0.15) is 5.10 Å². The van der Waals surface area contributed by atoms with Gasteiger partial charge in [-0.15, -0.1) is 0 Å². The van der Waals surface area contributed by atoms with Gasteiger partial charge >= 0.3 is 0 Å². The molecular formula is C19H22BrN5O. The number of aromatic nitrogens is 4. The average Bonchev–Trinajstić information content (AvgIpc) is 2.98. The van der Waals surface area contributed by atoms with Crippen molar-refractivity contribution in [2.24, 2.45) is 5.92 Å². The molecule has 0 aliphatic carbocycles. The van der Waals surface area contributed by atoms with Crippen molar-refractivity contribution in [2.45, 2.75) is 26.8 Å². The van der Waals surface area contributed by atoms with Crippen LogP contribution in [0.4, 0.5) is 5.82 Å². The molecule has 6 nitrogen and oxygen atoms in total. The van der Waals surface area contributed by atoms with Gasteiger partial charge in [0, 0.05) is 22.7 Å². The van der Waals surface area contributed by atoms with Crippen LogP contribution in [0.3, 0.4) is 0 Å². The van der Waals surface area contributed by atoms with E-state index in [1.54, 1.807) is 17.1 Å². The third-order valence-corrected chi connectivity index (χ3v) is 4.77. The third-order valence-electron chi connectivity index (χ3n) is 4.24. The van der Waals surface area contributed by atoms with Crippen LogP contribution >= 0.6 is 15.9 Å². The Morgan fingerprint density at radius 3 is 2.54 bits per heavy atom. The summed E-state index contributed by atoms with van der Waals surface area (Å²) in [6.07, 6.45) is 3.37. The standard InChI is InChI=1S/C19H22BrN5O/c1-12(11-26)19(15-4-6-16(20)7-5-15)23-17-9-21-10-18(22-17)25-14(3)8-13(2)24-25/h4-10,12,19,26H,11H2,1-3H3,(H,22,23)/t12-,19+/m0/s1. The van der Waals surface area contributed by atoms with E-state index >= 15 is 0 Å². The number of rotatable bonds is 6. The monoisotopic (exact) mass is 415 g/mol. The maximum Gasteiger partial charge on any atom is 0.174 e. The zero-order valence-electron chi connectivity index (χ0n) is 15.0. The van der Waals surface area contributed by atoms with Gasteiger partial charge in [-0.1, -0.05) is 35.0 Å². The molecule has 3 rings (SSSR count). The van der Waals surface area contributed by atoms with Gasteiger partial charge in [-0.3, -0.25) is 4.98 Å². The highest BCUT2D eigenvalue weighted by Gasteiger charge is 2.20. The molecule has 0 amide bonds. The van der Waals surface area contributed by atoms with Crippen molar-refractivity contribution >= 4 is 21.7 Å². The van der Waals surface area contributed by atoms with Gasteiger partial charge in [0.1, 0.15) is 5.82 Å². The largest absolute Gasteiger partial charge is 0.396 e. The number of nitrogens with zero attached hydrogens (tertiary/aromatic N) is 4. The average molecular weight is 416 g/mol. The van der Waals surface area contributed by atoms with E-state index in [4.69, 9.17) is 0 Å². The summed E-state index contributed by atoms with van der Waals surface area (Å²) in [4.78, 5) is 8.95. The van der Waals surface area contributed by atoms with Crippen LogP contribution in [0.2, 0.25) is 0 Å². The van der Waals surface area contributed by atoms with Crippen LogP contribution in [0, 0.1) is 19.8 Å². The number of hydrogen-bond acceptors (Lipinski definition) is 5. The maximum atomic E-state index is 9.67. The zero-order valence-corrected chi connectivity index (χ0v) is 16.6. The van der Waals surface area contributed by atoms with E-state index in [1.807, 2.05) is 51.1 Å². The molecule has 2 N–H and O–H groups in total. The van der Waals surface area contributed by atoms with Crippen molar-refractivity contribution in [1.82, 2.24) is 19.7 Å². The molecule has 0 saturated heterocycles. The Morgan fingerprint density at radius 2 is 1.92 bits per heavy atom. The molecule has 1 aromatic carbocycles. The van der Waals surface area contributed by atoms with Crippen LogP contribution in [-0.2, 0) is 0 Å².